The second-order valence-corrected chi connectivity index (χ2v) is 9.54. The lowest BCUT2D eigenvalue weighted by molar-refractivity contribution is -0.118. The third-order valence-electron chi connectivity index (χ3n) is 7.01. The molecule has 5 rings (SSSR count). The molecule has 2 aliphatic rings. The van der Waals surface area contributed by atoms with Crippen LogP contribution in [-0.4, -0.2) is 40.7 Å². The van der Waals surface area contributed by atoms with Gasteiger partial charge in [0.2, 0.25) is 5.91 Å². The van der Waals surface area contributed by atoms with Gasteiger partial charge in [-0.15, -0.1) is 0 Å². The molecular formula is C28H32FN5O2. The minimum absolute atomic E-state index is 0.256. The van der Waals surface area contributed by atoms with Crippen molar-refractivity contribution in [3.05, 3.63) is 71.3 Å². The molecule has 7 nitrogen and oxygen atoms in total. The van der Waals surface area contributed by atoms with Gasteiger partial charge in [0.05, 0.1) is 0 Å². The fourth-order valence-corrected chi connectivity index (χ4v) is 5.21. The minimum atomic E-state index is -0.700. The van der Waals surface area contributed by atoms with Crippen LogP contribution in [-0.2, 0) is 17.6 Å². The number of para-hydroxylation sites is 1. The van der Waals surface area contributed by atoms with Crippen LogP contribution in [0.1, 0.15) is 60.8 Å². The van der Waals surface area contributed by atoms with Crippen molar-refractivity contribution in [3.63, 3.8) is 0 Å². The van der Waals surface area contributed by atoms with Gasteiger partial charge in [0.1, 0.15) is 17.5 Å². The van der Waals surface area contributed by atoms with Crippen LogP contribution in [0.25, 0.3) is 5.69 Å². The number of hydrogen-bond donors (Lipinski definition) is 2. The number of amides is 2. The number of anilines is 2. The number of halogens is 1. The summed E-state index contributed by atoms with van der Waals surface area (Å²) in [6.45, 7) is 4.02. The maximum Gasteiger partial charge on any atom is 0.272 e. The predicted molar refractivity (Wildman–Crippen MR) is 138 cm³/mol. The first-order valence-corrected chi connectivity index (χ1v) is 12.9. The van der Waals surface area contributed by atoms with E-state index in [4.69, 9.17) is 0 Å². The van der Waals surface area contributed by atoms with Crippen LogP contribution in [0.15, 0.2) is 48.5 Å². The Bertz CT molecular complexity index is 1260. The summed E-state index contributed by atoms with van der Waals surface area (Å²) in [6.07, 6.45) is 5.91. The fourth-order valence-electron chi connectivity index (χ4n) is 5.21. The maximum absolute atomic E-state index is 14.5. The molecule has 2 N–H and O–H groups in total. The lowest BCUT2D eigenvalue weighted by Crippen LogP contribution is -2.44. The lowest BCUT2D eigenvalue weighted by Gasteiger charge is -2.20. The fraction of sp³-hybridized carbons (Fsp3) is 0.393. The van der Waals surface area contributed by atoms with E-state index in [1.54, 1.807) is 22.9 Å². The number of hydrogen-bond acceptors (Lipinski definition) is 4. The Labute approximate surface area is 210 Å². The molecule has 1 fully saturated rings. The molecule has 1 aliphatic heterocycles. The van der Waals surface area contributed by atoms with E-state index in [1.165, 1.54) is 18.9 Å². The third kappa shape index (κ3) is 4.85. The minimum Gasteiger partial charge on any atom is -0.371 e. The molecule has 2 heterocycles. The average molecular weight is 490 g/mol. The molecular weight excluding hydrogens is 457 g/mol. The molecule has 36 heavy (non-hydrogen) atoms. The van der Waals surface area contributed by atoms with Crippen molar-refractivity contribution in [1.82, 2.24) is 15.1 Å². The smallest absolute Gasteiger partial charge is 0.272 e. The SMILES string of the molecule is CCCC(NC(=O)c1nn(-c2ccccc2F)c2c1CCC2)C(=O)Nc1cccc(N2CCCC2)c1. The summed E-state index contributed by atoms with van der Waals surface area (Å²) in [5.74, 6) is -1.04. The molecule has 0 saturated carbocycles. The standard InChI is InChI=1S/C28H32FN5O2/c1-2-9-23(27(35)30-19-10-7-11-20(18-19)33-16-5-6-17-33)31-28(36)26-21-12-8-15-24(21)34(32-26)25-14-4-3-13-22(25)29/h3-4,7,10-11,13-14,18,23H,2,5-6,8-9,12,15-17H2,1H3,(H,30,35)(H,31,36). The molecule has 1 aromatic heterocycles. The molecule has 8 heteroatoms. The normalized spacial score (nSPS) is 15.6. The molecule has 2 amide bonds. The van der Waals surface area contributed by atoms with Gasteiger partial charge in [0, 0.05) is 35.7 Å². The summed E-state index contributed by atoms with van der Waals surface area (Å²) in [4.78, 5) is 28.8. The van der Waals surface area contributed by atoms with Crippen molar-refractivity contribution in [1.29, 1.82) is 0 Å². The molecule has 2 aromatic carbocycles. The van der Waals surface area contributed by atoms with Gasteiger partial charge in [-0.05, 0) is 68.9 Å². The van der Waals surface area contributed by atoms with Crippen LogP contribution in [0.5, 0.6) is 0 Å². The number of benzene rings is 2. The Morgan fingerprint density at radius 2 is 1.86 bits per heavy atom. The highest BCUT2D eigenvalue weighted by Crippen LogP contribution is 2.29. The van der Waals surface area contributed by atoms with Crippen molar-refractivity contribution in [2.75, 3.05) is 23.3 Å². The number of carbonyl (C=O) groups excluding carboxylic acids is 2. The Kier molecular flexibility index (Phi) is 7.02. The van der Waals surface area contributed by atoms with Gasteiger partial charge < -0.3 is 15.5 Å². The molecule has 1 aliphatic carbocycles. The molecule has 1 unspecified atom stereocenters. The van der Waals surface area contributed by atoms with Gasteiger partial charge in [0.25, 0.3) is 5.91 Å². The zero-order chi connectivity index (χ0) is 25.1. The van der Waals surface area contributed by atoms with Crippen molar-refractivity contribution < 1.29 is 14.0 Å². The van der Waals surface area contributed by atoms with Crippen LogP contribution in [0.4, 0.5) is 15.8 Å². The van der Waals surface area contributed by atoms with E-state index in [9.17, 15) is 14.0 Å². The van der Waals surface area contributed by atoms with E-state index in [0.717, 1.165) is 49.3 Å². The predicted octanol–water partition coefficient (Wildman–Crippen LogP) is 4.64. The summed E-state index contributed by atoms with van der Waals surface area (Å²) in [7, 11) is 0. The molecule has 1 saturated heterocycles. The van der Waals surface area contributed by atoms with E-state index in [0.29, 0.717) is 24.2 Å². The van der Waals surface area contributed by atoms with E-state index in [-0.39, 0.29) is 17.4 Å². The molecule has 0 bridgehead atoms. The Balaban J connectivity index is 1.34. The quantitative estimate of drug-likeness (QED) is 0.483. The Morgan fingerprint density at radius 1 is 1.06 bits per heavy atom. The van der Waals surface area contributed by atoms with Gasteiger partial charge in [0.15, 0.2) is 5.69 Å². The van der Waals surface area contributed by atoms with Crippen LogP contribution < -0.4 is 15.5 Å². The zero-order valence-electron chi connectivity index (χ0n) is 20.6. The van der Waals surface area contributed by atoms with E-state index < -0.39 is 11.9 Å². The highest BCUT2D eigenvalue weighted by atomic mass is 19.1. The van der Waals surface area contributed by atoms with Gasteiger partial charge in [-0.2, -0.15) is 5.10 Å². The monoisotopic (exact) mass is 489 g/mol. The van der Waals surface area contributed by atoms with Crippen LogP contribution >= 0.6 is 0 Å². The van der Waals surface area contributed by atoms with Crippen molar-refractivity contribution in [2.24, 2.45) is 0 Å². The lowest BCUT2D eigenvalue weighted by atomic mass is 10.1. The van der Waals surface area contributed by atoms with Crippen molar-refractivity contribution >= 4 is 23.2 Å². The number of fused-ring (bicyclic) bond motifs is 1. The van der Waals surface area contributed by atoms with Gasteiger partial charge >= 0.3 is 0 Å². The first-order chi connectivity index (χ1) is 17.5. The van der Waals surface area contributed by atoms with E-state index in [1.807, 2.05) is 25.1 Å². The summed E-state index contributed by atoms with van der Waals surface area (Å²) in [6, 6.07) is 13.6. The molecule has 0 spiro atoms. The van der Waals surface area contributed by atoms with Crippen LogP contribution in [0, 0.1) is 5.82 Å². The van der Waals surface area contributed by atoms with Gasteiger partial charge in [-0.3, -0.25) is 9.59 Å². The third-order valence-corrected chi connectivity index (χ3v) is 7.01. The molecule has 0 radical (unpaired) electrons. The highest BCUT2D eigenvalue weighted by molar-refractivity contribution is 6.01. The van der Waals surface area contributed by atoms with Crippen LogP contribution in [0.3, 0.4) is 0 Å². The number of rotatable bonds is 8. The number of nitrogens with one attached hydrogen (secondary N) is 2. The van der Waals surface area contributed by atoms with Gasteiger partial charge in [-0.1, -0.05) is 31.5 Å². The number of carbonyl (C=O) groups is 2. The second kappa shape index (κ2) is 10.5. The summed E-state index contributed by atoms with van der Waals surface area (Å²) in [5, 5.41) is 10.4. The zero-order valence-corrected chi connectivity index (χ0v) is 20.6. The number of aromatic nitrogens is 2. The first kappa shape index (κ1) is 24.0. The van der Waals surface area contributed by atoms with E-state index >= 15 is 0 Å². The molecule has 1 atom stereocenters. The first-order valence-electron chi connectivity index (χ1n) is 12.9. The molecule has 3 aromatic rings. The van der Waals surface area contributed by atoms with Crippen molar-refractivity contribution in [3.8, 4) is 5.69 Å². The Morgan fingerprint density at radius 3 is 2.64 bits per heavy atom. The maximum atomic E-state index is 14.5. The summed E-state index contributed by atoms with van der Waals surface area (Å²) in [5.41, 5.74) is 4.11. The summed E-state index contributed by atoms with van der Waals surface area (Å²) >= 11 is 0. The van der Waals surface area contributed by atoms with Gasteiger partial charge in [-0.25, -0.2) is 9.07 Å². The topological polar surface area (TPSA) is 79.3 Å². The average Bonchev–Trinajstić information content (AvgIpc) is 3.63. The second-order valence-electron chi connectivity index (χ2n) is 9.54. The van der Waals surface area contributed by atoms with Crippen molar-refractivity contribution in [2.45, 2.75) is 57.9 Å². The molecule has 188 valence electrons. The highest BCUT2D eigenvalue weighted by Gasteiger charge is 2.30. The Hall–Kier alpha value is -3.68. The van der Waals surface area contributed by atoms with E-state index in [2.05, 4.69) is 26.7 Å². The number of nitrogens with zero attached hydrogens (tertiary/aromatic N) is 3. The largest absolute Gasteiger partial charge is 0.371 e. The summed E-state index contributed by atoms with van der Waals surface area (Å²) < 4.78 is 16.0. The van der Waals surface area contributed by atoms with Crippen LogP contribution in [0.2, 0.25) is 0 Å².